The number of rotatable bonds is 8. The molecule has 0 aliphatic heterocycles. The van der Waals surface area contributed by atoms with Gasteiger partial charge in [0.2, 0.25) is 21.1 Å². The SMILES string of the molecule is CCC(C)C(NS(=O)(=O)c1ccc(C)cc1)C(=O)Nc1nnc(-c2ccc(Br)cc2)s1. The molecule has 1 aromatic heterocycles. The maximum atomic E-state index is 13.0. The molecule has 1 heterocycles. The second-order valence-electron chi connectivity index (χ2n) is 7.21. The van der Waals surface area contributed by atoms with E-state index in [2.05, 4.69) is 36.2 Å². The smallest absolute Gasteiger partial charge is 0.244 e. The molecule has 0 radical (unpaired) electrons. The third-order valence-corrected chi connectivity index (χ3v) is 7.73. The van der Waals surface area contributed by atoms with Crippen LogP contribution in [0.25, 0.3) is 10.6 Å². The molecular formula is C21H23BrN4O3S2. The van der Waals surface area contributed by atoms with E-state index >= 15 is 0 Å². The van der Waals surface area contributed by atoms with Crippen molar-refractivity contribution >= 4 is 48.3 Å². The Labute approximate surface area is 194 Å². The van der Waals surface area contributed by atoms with Crippen LogP contribution >= 0.6 is 27.3 Å². The number of carbonyl (C=O) groups excluding carboxylic acids is 1. The standard InChI is InChI=1S/C21H23BrN4O3S2/c1-4-14(3)18(26-31(28,29)17-11-5-13(2)6-12-17)19(27)23-21-25-24-20(30-21)15-7-9-16(22)10-8-15/h5-12,14,18,26H,4H2,1-3H3,(H,23,25,27). The number of sulfonamides is 1. The molecule has 0 aliphatic carbocycles. The van der Waals surface area contributed by atoms with Crippen LogP contribution in [-0.2, 0) is 14.8 Å². The fourth-order valence-electron chi connectivity index (χ4n) is 2.78. The van der Waals surface area contributed by atoms with Gasteiger partial charge in [-0.15, -0.1) is 10.2 Å². The summed E-state index contributed by atoms with van der Waals surface area (Å²) in [7, 11) is -3.86. The number of halogens is 1. The summed E-state index contributed by atoms with van der Waals surface area (Å²) in [4.78, 5) is 13.1. The van der Waals surface area contributed by atoms with E-state index in [1.165, 1.54) is 23.5 Å². The Morgan fingerprint density at radius 2 is 1.74 bits per heavy atom. The van der Waals surface area contributed by atoms with Crippen molar-refractivity contribution in [1.29, 1.82) is 0 Å². The molecule has 2 aromatic carbocycles. The van der Waals surface area contributed by atoms with Gasteiger partial charge in [0, 0.05) is 10.0 Å². The first-order valence-electron chi connectivity index (χ1n) is 9.69. The number of hydrogen-bond acceptors (Lipinski definition) is 6. The first kappa shape index (κ1) is 23.5. The van der Waals surface area contributed by atoms with Crippen molar-refractivity contribution < 1.29 is 13.2 Å². The molecule has 0 saturated heterocycles. The number of nitrogens with zero attached hydrogens (tertiary/aromatic N) is 2. The van der Waals surface area contributed by atoms with Crippen molar-refractivity contribution in [2.24, 2.45) is 5.92 Å². The topological polar surface area (TPSA) is 101 Å². The van der Waals surface area contributed by atoms with Crippen LogP contribution in [0.3, 0.4) is 0 Å². The predicted octanol–water partition coefficient (Wildman–Crippen LogP) is 4.61. The van der Waals surface area contributed by atoms with Gasteiger partial charge in [0.05, 0.1) is 4.90 Å². The minimum absolute atomic E-state index is 0.118. The number of benzene rings is 2. The summed E-state index contributed by atoms with van der Waals surface area (Å²) in [5.74, 6) is -0.692. The third-order valence-electron chi connectivity index (χ3n) is 4.86. The molecule has 2 N–H and O–H groups in total. The zero-order valence-corrected chi connectivity index (χ0v) is 20.5. The molecule has 3 aromatic rings. The van der Waals surface area contributed by atoms with Crippen molar-refractivity contribution in [3.8, 4) is 10.6 Å². The first-order chi connectivity index (χ1) is 14.7. The molecule has 0 bridgehead atoms. The zero-order chi connectivity index (χ0) is 22.6. The number of nitrogens with one attached hydrogen (secondary N) is 2. The maximum absolute atomic E-state index is 13.0. The van der Waals surface area contributed by atoms with Gasteiger partial charge in [-0.2, -0.15) is 4.72 Å². The van der Waals surface area contributed by atoms with E-state index in [-0.39, 0.29) is 10.8 Å². The molecule has 1 amide bonds. The van der Waals surface area contributed by atoms with E-state index in [0.717, 1.165) is 15.6 Å². The van der Waals surface area contributed by atoms with Gasteiger partial charge in [-0.1, -0.05) is 77.4 Å². The van der Waals surface area contributed by atoms with Crippen LogP contribution in [0.1, 0.15) is 25.8 Å². The van der Waals surface area contributed by atoms with Gasteiger partial charge in [0.1, 0.15) is 11.0 Å². The van der Waals surface area contributed by atoms with Crippen LogP contribution < -0.4 is 10.0 Å². The quantitative estimate of drug-likeness (QED) is 0.449. The van der Waals surface area contributed by atoms with Crippen LogP contribution in [-0.4, -0.2) is 30.6 Å². The monoisotopic (exact) mass is 522 g/mol. The number of carbonyl (C=O) groups is 1. The highest BCUT2D eigenvalue weighted by atomic mass is 79.9. The van der Waals surface area contributed by atoms with Gasteiger partial charge >= 0.3 is 0 Å². The van der Waals surface area contributed by atoms with Crippen LogP contribution in [0.15, 0.2) is 57.9 Å². The largest absolute Gasteiger partial charge is 0.299 e. The molecule has 2 atom stereocenters. The van der Waals surface area contributed by atoms with Gasteiger partial charge in [-0.05, 0) is 37.1 Å². The van der Waals surface area contributed by atoms with E-state index in [4.69, 9.17) is 0 Å². The van der Waals surface area contributed by atoms with Crippen LogP contribution in [0.2, 0.25) is 0 Å². The van der Waals surface area contributed by atoms with Crippen molar-refractivity contribution in [1.82, 2.24) is 14.9 Å². The fourth-order valence-corrected chi connectivity index (χ4v) is 5.10. The number of amides is 1. The molecule has 7 nitrogen and oxygen atoms in total. The normalized spacial score (nSPS) is 13.5. The summed E-state index contributed by atoms with van der Waals surface area (Å²) < 4.78 is 29.2. The molecular weight excluding hydrogens is 500 g/mol. The van der Waals surface area contributed by atoms with E-state index in [1.807, 2.05) is 45.0 Å². The number of aryl methyl sites for hydroxylation is 1. The van der Waals surface area contributed by atoms with Gasteiger partial charge in [-0.3, -0.25) is 10.1 Å². The molecule has 0 fully saturated rings. The highest BCUT2D eigenvalue weighted by Crippen LogP contribution is 2.28. The Hall–Kier alpha value is -2.14. The molecule has 0 aliphatic rings. The summed E-state index contributed by atoms with van der Waals surface area (Å²) in [6.45, 7) is 5.61. The summed E-state index contributed by atoms with van der Waals surface area (Å²) in [6.07, 6.45) is 0.620. The number of hydrogen-bond donors (Lipinski definition) is 2. The summed E-state index contributed by atoms with van der Waals surface area (Å²) in [5.41, 5.74) is 1.83. The molecule has 0 spiro atoms. The number of anilines is 1. The molecule has 2 unspecified atom stereocenters. The highest BCUT2D eigenvalue weighted by Gasteiger charge is 2.30. The zero-order valence-electron chi connectivity index (χ0n) is 17.3. The predicted molar refractivity (Wildman–Crippen MR) is 126 cm³/mol. The second kappa shape index (κ2) is 9.99. The van der Waals surface area contributed by atoms with Gasteiger partial charge < -0.3 is 0 Å². The van der Waals surface area contributed by atoms with Gasteiger partial charge in [0.25, 0.3) is 0 Å². The minimum atomic E-state index is -3.86. The first-order valence-corrected chi connectivity index (χ1v) is 12.8. The van der Waals surface area contributed by atoms with Crippen LogP contribution in [0, 0.1) is 12.8 Å². The maximum Gasteiger partial charge on any atom is 0.244 e. The molecule has 164 valence electrons. The van der Waals surface area contributed by atoms with Crippen molar-refractivity contribution in [2.75, 3.05) is 5.32 Å². The molecule has 0 saturated carbocycles. The van der Waals surface area contributed by atoms with E-state index in [1.54, 1.807) is 12.1 Å². The Morgan fingerprint density at radius 1 is 1.10 bits per heavy atom. The van der Waals surface area contributed by atoms with Crippen LogP contribution in [0.5, 0.6) is 0 Å². The molecule has 31 heavy (non-hydrogen) atoms. The Morgan fingerprint density at radius 3 is 2.35 bits per heavy atom. The Bertz CT molecular complexity index is 1150. The van der Waals surface area contributed by atoms with Crippen molar-refractivity contribution in [3.05, 3.63) is 58.6 Å². The summed E-state index contributed by atoms with van der Waals surface area (Å²) in [5, 5.41) is 11.8. The minimum Gasteiger partial charge on any atom is -0.299 e. The van der Waals surface area contributed by atoms with E-state index in [9.17, 15) is 13.2 Å². The summed E-state index contributed by atoms with van der Waals surface area (Å²) in [6, 6.07) is 13.1. The van der Waals surface area contributed by atoms with Crippen molar-refractivity contribution in [2.45, 2.75) is 38.1 Å². The van der Waals surface area contributed by atoms with Crippen LogP contribution in [0.4, 0.5) is 5.13 Å². The Balaban J connectivity index is 1.77. The Kier molecular flexibility index (Phi) is 7.58. The van der Waals surface area contributed by atoms with E-state index < -0.39 is 22.0 Å². The summed E-state index contributed by atoms with van der Waals surface area (Å²) >= 11 is 4.62. The highest BCUT2D eigenvalue weighted by molar-refractivity contribution is 9.10. The molecule has 10 heteroatoms. The van der Waals surface area contributed by atoms with Gasteiger partial charge in [-0.25, -0.2) is 8.42 Å². The second-order valence-corrected chi connectivity index (χ2v) is 10.8. The van der Waals surface area contributed by atoms with Crippen molar-refractivity contribution in [3.63, 3.8) is 0 Å². The average Bonchev–Trinajstić information content (AvgIpc) is 3.20. The third kappa shape index (κ3) is 5.97. The average molecular weight is 523 g/mol. The fraction of sp³-hybridized carbons (Fsp3) is 0.286. The lowest BCUT2D eigenvalue weighted by Crippen LogP contribution is -2.47. The lowest BCUT2D eigenvalue weighted by molar-refractivity contribution is -0.118. The molecule has 3 rings (SSSR count). The van der Waals surface area contributed by atoms with E-state index in [0.29, 0.717) is 16.6 Å². The lowest BCUT2D eigenvalue weighted by Gasteiger charge is -2.22. The number of aromatic nitrogens is 2. The van der Waals surface area contributed by atoms with Gasteiger partial charge in [0.15, 0.2) is 0 Å². The lowest BCUT2D eigenvalue weighted by atomic mass is 9.99.